The lowest BCUT2D eigenvalue weighted by Crippen LogP contribution is -2.39. The summed E-state index contributed by atoms with van der Waals surface area (Å²) in [7, 11) is 2.14. The maximum Gasteiger partial charge on any atom is 0.255 e. The second kappa shape index (κ2) is 9.50. The molecule has 2 heterocycles. The zero-order chi connectivity index (χ0) is 20.8. The van der Waals surface area contributed by atoms with Gasteiger partial charge in [-0.25, -0.2) is 0 Å². The monoisotopic (exact) mass is 401 g/mol. The number of hydrogen-bond acceptors (Lipinski definition) is 5. The van der Waals surface area contributed by atoms with Crippen molar-refractivity contribution in [3.8, 4) is 0 Å². The predicted octanol–water partition coefficient (Wildman–Crippen LogP) is 3.83. The van der Waals surface area contributed by atoms with Crippen molar-refractivity contribution in [2.75, 3.05) is 30.4 Å². The number of carbonyl (C=O) groups excluding carboxylic acids is 1. The number of nitrogens with one attached hydrogen (secondary N) is 1. The van der Waals surface area contributed by atoms with E-state index < -0.39 is 0 Å². The van der Waals surface area contributed by atoms with Crippen molar-refractivity contribution >= 4 is 17.4 Å². The number of hydrogen-bond donors (Lipinski definition) is 1. The summed E-state index contributed by atoms with van der Waals surface area (Å²) >= 11 is 0. The van der Waals surface area contributed by atoms with E-state index in [2.05, 4.69) is 32.4 Å². The molecule has 0 radical (unpaired) electrons. The second-order valence-corrected chi connectivity index (χ2v) is 7.79. The number of likely N-dealkylation sites (N-methyl/N-ethyl adjacent to an activating group) is 1. The molecule has 1 saturated heterocycles. The molecule has 4 rings (SSSR count). The summed E-state index contributed by atoms with van der Waals surface area (Å²) in [5.74, 6) is 0.869. The van der Waals surface area contributed by atoms with Crippen LogP contribution in [0.4, 0.5) is 11.5 Å². The van der Waals surface area contributed by atoms with Gasteiger partial charge in [-0.05, 0) is 61.9 Å². The van der Waals surface area contributed by atoms with Crippen LogP contribution in [-0.2, 0) is 6.54 Å². The van der Waals surface area contributed by atoms with E-state index in [1.54, 1.807) is 6.20 Å². The van der Waals surface area contributed by atoms with Crippen molar-refractivity contribution in [3.05, 3.63) is 84.1 Å². The summed E-state index contributed by atoms with van der Waals surface area (Å²) in [6.45, 7) is 2.83. The fraction of sp³-hybridized carbons (Fsp3) is 0.292. The Labute approximate surface area is 177 Å². The van der Waals surface area contributed by atoms with Gasteiger partial charge in [-0.2, -0.15) is 5.10 Å². The van der Waals surface area contributed by atoms with Gasteiger partial charge in [-0.3, -0.25) is 4.79 Å². The van der Waals surface area contributed by atoms with E-state index in [1.165, 1.54) is 18.4 Å². The lowest BCUT2D eigenvalue weighted by Gasteiger charge is -2.29. The van der Waals surface area contributed by atoms with Crippen LogP contribution in [0.5, 0.6) is 0 Å². The maximum atomic E-state index is 12.4. The molecule has 2 aromatic carbocycles. The molecule has 0 bridgehead atoms. The van der Waals surface area contributed by atoms with Crippen LogP contribution in [0.25, 0.3) is 0 Å². The lowest BCUT2D eigenvalue weighted by atomic mass is 10.1. The molecule has 1 N–H and O–H groups in total. The molecule has 1 aromatic heterocycles. The third kappa shape index (κ3) is 5.02. The first-order chi connectivity index (χ1) is 14.7. The van der Waals surface area contributed by atoms with Gasteiger partial charge in [-0.15, -0.1) is 5.10 Å². The van der Waals surface area contributed by atoms with Crippen molar-refractivity contribution in [1.82, 2.24) is 15.1 Å². The van der Waals surface area contributed by atoms with Crippen LogP contribution in [0.1, 0.15) is 28.8 Å². The van der Waals surface area contributed by atoms with Crippen LogP contribution in [-0.4, -0.2) is 47.2 Å². The normalized spacial score (nSPS) is 16.1. The highest BCUT2D eigenvalue weighted by Gasteiger charge is 2.26. The highest BCUT2D eigenvalue weighted by atomic mass is 16.1. The average Bonchev–Trinajstić information content (AvgIpc) is 3.23. The van der Waals surface area contributed by atoms with E-state index >= 15 is 0 Å². The van der Waals surface area contributed by atoms with E-state index in [0.717, 1.165) is 31.1 Å². The molecule has 6 heteroatoms. The smallest absolute Gasteiger partial charge is 0.255 e. The van der Waals surface area contributed by atoms with Gasteiger partial charge in [0.2, 0.25) is 0 Å². The number of carbonyl (C=O) groups is 1. The molecule has 30 heavy (non-hydrogen) atoms. The highest BCUT2D eigenvalue weighted by molar-refractivity contribution is 6.04. The Hall–Kier alpha value is -3.25. The van der Waals surface area contributed by atoms with Crippen molar-refractivity contribution in [1.29, 1.82) is 0 Å². The number of nitrogens with zero attached hydrogens (tertiary/aromatic N) is 4. The molecule has 6 nitrogen and oxygen atoms in total. The van der Waals surface area contributed by atoms with Gasteiger partial charge < -0.3 is 15.1 Å². The molecule has 1 unspecified atom stereocenters. The maximum absolute atomic E-state index is 12.4. The van der Waals surface area contributed by atoms with Gasteiger partial charge >= 0.3 is 0 Å². The Balaban J connectivity index is 1.32. The predicted molar refractivity (Wildman–Crippen MR) is 120 cm³/mol. The van der Waals surface area contributed by atoms with Gasteiger partial charge in [0, 0.05) is 43.1 Å². The molecule has 1 aliphatic rings. The largest absolute Gasteiger partial charge is 0.351 e. The number of rotatable bonds is 7. The number of benzene rings is 2. The third-order valence-corrected chi connectivity index (χ3v) is 5.45. The molecule has 0 aliphatic carbocycles. The number of anilines is 2. The van der Waals surface area contributed by atoms with Gasteiger partial charge in [-0.1, -0.05) is 30.3 Å². The Morgan fingerprint density at radius 3 is 2.63 bits per heavy atom. The van der Waals surface area contributed by atoms with Crippen LogP contribution in [0, 0.1) is 0 Å². The second-order valence-electron chi connectivity index (χ2n) is 7.79. The summed E-state index contributed by atoms with van der Waals surface area (Å²) in [4.78, 5) is 17.1. The Morgan fingerprint density at radius 2 is 1.90 bits per heavy atom. The fourth-order valence-electron chi connectivity index (χ4n) is 4.00. The Morgan fingerprint density at radius 1 is 1.10 bits per heavy atom. The molecule has 0 spiro atoms. The standard InChI is InChI=1S/C24H27N5O/c1-28(18-22-9-6-16-29(22)23-10-5-15-25-27-23)17-19-11-13-20(14-12-19)24(30)26-21-7-3-2-4-8-21/h2-5,7-8,10-15,22H,6,9,16-18H2,1H3,(H,26,30). The molecule has 1 aliphatic heterocycles. The molecule has 1 atom stereocenters. The van der Waals surface area contributed by atoms with Crippen molar-refractivity contribution in [2.45, 2.75) is 25.4 Å². The third-order valence-electron chi connectivity index (χ3n) is 5.45. The van der Waals surface area contributed by atoms with E-state index in [9.17, 15) is 4.79 Å². The summed E-state index contributed by atoms with van der Waals surface area (Å²) in [6, 6.07) is 21.8. The molecule has 0 saturated carbocycles. The average molecular weight is 402 g/mol. The minimum Gasteiger partial charge on any atom is -0.351 e. The minimum absolute atomic E-state index is 0.0910. The SMILES string of the molecule is CN(Cc1ccc(C(=O)Nc2ccccc2)cc1)CC1CCCN1c1cccnn1. The van der Waals surface area contributed by atoms with Crippen LogP contribution in [0.3, 0.4) is 0 Å². The molecular weight excluding hydrogens is 374 g/mol. The summed E-state index contributed by atoms with van der Waals surface area (Å²) in [6.07, 6.45) is 4.06. The first-order valence-corrected chi connectivity index (χ1v) is 10.4. The highest BCUT2D eigenvalue weighted by Crippen LogP contribution is 2.24. The number of para-hydroxylation sites is 1. The Kier molecular flexibility index (Phi) is 6.35. The van der Waals surface area contributed by atoms with Gasteiger partial charge in [0.25, 0.3) is 5.91 Å². The first-order valence-electron chi connectivity index (χ1n) is 10.4. The minimum atomic E-state index is -0.0910. The summed E-state index contributed by atoms with van der Waals surface area (Å²) in [5, 5.41) is 11.2. The first kappa shape index (κ1) is 20.0. The van der Waals surface area contributed by atoms with E-state index in [4.69, 9.17) is 0 Å². The van der Waals surface area contributed by atoms with E-state index in [-0.39, 0.29) is 5.91 Å². The summed E-state index contributed by atoms with van der Waals surface area (Å²) < 4.78 is 0. The quantitative estimate of drug-likeness (QED) is 0.652. The van der Waals surface area contributed by atoms with Crippen molar-refractivity contribution in [3.63, 3.8) is 0 Å². The molecule has 154 valence electrons. The lowest BCUT2D eigenvalue weighted by molar-refractivity contribution is 0.102. The van der Waals surface area contributed by atoms with Gasteiger partial charge in [0.15, 0.2) is 5.82 Å². The van der Waals surface area contributed by atoms with Gasteiger partial charge in [0.1, 0.15) is 0 Å². The summed E-state index contributed by atoms with van der Waals surface area (Å²) in [5.41, 5.74) is 2.66. The van der Waals surface area contributed by atoms with Crippen molar-refractivity contribution < 1.29 is 4.79 Å². The van der Waals surface area contributed by atoms with Crippen molar-refractivity contribution in [2.24, 2.45) is 0 Å². The molecule has 3 aromatic rings. The molecule has 1 fully saturated rings. The Bertz CT molecular complexity index is 946. The van der Waals surface area contributed by atoms with Crippen LogP contribution >= 0.6 is 0 Å². The van der Waals surface area contributed by atoms with Crippen LogP contribution in [0.2, 0.25) is 0 Å². The van der Waals surface area contributed by atoms with E-state index in [1.807, 2.05) is 66.7 Å². The zero-order valence-corrected chi connectivity index (χ0v) is 17.2. The van der Waals surface area contributed by atoms with Crippen LogP contribution < -0.4 is 10.2 Å². The number of aromatic nitrogens is 2. The fourth-order valence-corrected chi connectivity index (χ4v) is 4.00. The van der Waals surface area contributed by atoms with Crippen LogP contribution in [0.15, 0.2) is 72.9 Å². The molecule has 1 amide bonds. The number of amides is 1. The molecular formula is C24H27N5O. The topological polar surface area (TPSA) is 61.4 Å². The van der Waals surface area contributed by atoms with Gasteiger partial charge in [0.05, 0.1) is 0 Å². The zero-order valence-electron chi connectivity index (χ0n) is 17.2. The van der Waals surface area contributed by atoms with E-state index in [0.29, 0.717) is 11.6 Å².